The van der Waals surface area contributed by atoms with E-state index in [1.165, 1.54) is 16.8 Å². The van der Waals surface area contributed by atoms with Crippen LogP contribution in [0, 0.1) is 18.7 Å². The Morgan fingerprint density at radius 3 is 2.26 bits per heavy atom. The van der Waals surface area contributed by atoms with Crippen molar-refractivity contribution in [2.75, 3.05) is 0 Å². The van der Waals surface area contributed by atoms with Crippen LogP contribution < -0.4 is 4.57 Å². The fourth-order valence-electron chi connectivity index (χ4n) is 5.70. The summed E-state index contributed by atoms with van der Waals surface area (Å²) < 4.78 is 39.2. The second-order valence-electron chi connectivity index (χ2n) is 10.7. The molecule has 3 aromatic heterocycles. The third kappa shape index (κ3) is 3.54. The first-order valence-electron chi connectivity index (χ1n) is 13.0. The second-order valence-corrected chi connectivity index (χ2v) is 10.7. The van der Waals surface area contributed by atoms with Gasteiger partial charge in [0.05, 0.1) is 18.0 Å². The van der Waals surface area contributed by atoms with E-state index in [0.29, 0.717) is 22.8 Å². The summed E-state index contributed by atoms with van der Waals surface area (Å²) in [6.45, 7) is 10.9. The molecule has 0 N–H and O–H groups in total. The second kappa shape index (κ2) is 8.76. The van der Waals surface area contributed by atoms with Gasteiger partial charge < -0.3 is 4.42 Å². The Kier molecular flexibility index (Phi) is 5.60. The molecule has 0 radical (unpaired) electrons. The first-order chi connectivity index (χ1) is 18.2. The number of pyridine rings is 1. The third-order valence-corrected chi connectivity index (χ3v) is 7.53. The Labute approximate surface area is 220 Å². The summed E-state index contributed by atoms with van der Waals surface area (Å²) in [4.78, 5) is 3.80. The van der Waals surface area contributed by atoms with Crippen molar-refractivity contribution in [3.8, 4) is 17.1 Å². The predicted molar refractivity (Wildman–Crippen MR) is 148 cm³/mol. The van der Waals surface area contributed by atoms with Gasteiger partial charge in [0.15, 0.2) is 11.0 Å². The lowest BCUT2D eigenvalue weighted by Gasteiger charge is -2.18. The van der Waals surface area contributed by atoms with Crippen LogP contribution in [0.5, 0.6) is 0 Å². The van der Waals surface area contributed by atoms with Crippen LogP contribution in [-0.4, -0.2) is 9.55 Å². The first kappa shape index (κ1) is 24.3. The summed E-state index contributed by atoms with van der Waals surface area (Å²) in [5.41, 5.74) is 8.22. The van der Waals surface area contributed by atoms with Crippen molar-refractivity contribution >= 4 is 33.1 Å². The van der Waals surface area contributed by atoms with Crippen LogP contribution in [0.4, 0.5) is 8.78 Å². The molecule has 0 aliphatic heterocycles. The highest BCUT2D eigenvalue weighted by molar-refractivity contribution is 6.05. The average Bonchev–Trinajstić information content (AvgIpc) is 3.37. The Balaban J connectivity index is 1.78. The van der Waals surface area contributed by atoms with Crippen molar-refractivity contribution in [1.29, 1.82) is 0 Å². The standard InChI is InChI=1S/C32H30F2N3O/c1-17(2)20-10-9-11-21(18(3)4)30(20)37-26-13-8-7-12-25(26)36(6)32(37)22-15-23-27(14-19(22)5)38-31-29(23)24(33)16-28(34)35-31/h7-18H,1-6H3/q+1. The van der Waals surface area contributed by atoms with Gasteiger partial charge in [-0.15, -0.1) is 0 Å². The highest BCUT2D eigenvalue weighted by atomic mass is 19.1. The zero-order chi connectivity index (χ0) is 26.9. The van der Waals surface area contributed by atoms with Crippen LogP contribution in [-0.2, 0) is 7.05 Å². The van der Waals surface area contributed by atoms with E-state index in [-0.39, 0.29) is 11.1 Å². The van der Waals surface area contributed by atoms with Gasteiger partial charge in [-0.25, -0.2) is 8.96 Å². The molecule has 0 atom stereocenters. The van der Waals surface area contributed by atoms with E-state index in [4.69, 9.17) is 4.42 Å². The summed E-state index contributed by atoms with van der Waals surface area (Å²) in [7, 11) is 2.07. The molecule has 3 heterocycles. The number of benzene rings is 3. The molecule has 0 fully saturated rings. The van der Waals surface area contributed by atoms with E-state index in [1.54, 1.807) is 0 Å². The van der Waals surface area contributed by atoms with Gasteiger partial charge in [-0.05, 0) is 48.6 Å². The monoisotopic (exact) mass is 510 g/mol. The van der Waals surface area contributed by atoms with Crippen LogP contribution >= 0.6 is 0 Å². The third-order valence-electron chi connectivity index (χ3n) is 7.53. The number of nitrogens with zero attached hydrogens (tertiary/aromatic N) is 3. The number of halogens is 2. The van der Waals surface area contributed by atoms with Crippen molar-refractivity contribution in [2.45, 2.75) is 46.5 Å². The highest BCUT2D eigenvalue weighted by Gasteiger charge is 2.32. The summed E-state index contributed by atoms with van der Waals surface area (Å²) in [6.07, 6.45) is 0. The number of imidazole rings is 1. The smallest absolute Gasteiger partial charge is 0.295 e. The number of hydrogen-bond donors (Lipinski definition) is 0. The summed E-state index contributed by atoms with van der Waals surface area (Å²) in [5, 5.41) is 0.766. The molecule has 0 amide bonds. The van der Waals surface area contributed by atoms with E-state index < -0.39 is 11.8 Å². The minimum Gasteiger partial charge on any atom is -0.437 e. The van der Waals surface area contributed by atoms with Crippen molar-refractivity contribution in [1.82, 2.24) is 9.55 Å². The molecule has 0 unspecified atom stereocenters. The molecular formula is C32H30F2N3O+. The molecule has 0 saturated carbocycles. The molecule has 38 heavy (non-hydrogen) atoms. The molecular weight excluding hydrogens is 480 g/mol. The van der Waals surface area contributed by atoms with E-state index in [0.717, 1.165) is 34.1 Å². The van der Waals surface area contributed by atoms with E-state index in [2.05, 4.69) is 85.3 Å². The van der Waals surface area contributed by atoms with Gasteiger partial charge >= 0.3 is 0 Å². The van der Waals surface area contributed by atoms with Crippen LogP contribution in [0.25, 0.3) is 50.2 Å². The molecule has 0 saturated heterocycles. The van der Waals surface area contributed by atoms with Crippen molar-refractivity contribution in [2.24, 2.45) is 7.05 Å². The number of para-hydroxylation sites is 3. The molecule has 6 heteroatoms. The Morgan fingerprint density at radius 1 is 0.895 bits per heavy atom. The predicted octanol–water partition coefficient (Wildman–Crippen LogP) is 8.25. The maximum Gasteiger partial charge on any atom is 0.295 e. The lowest BCUT2D eigenvalue weighted by molar-refractivity contribution is -0.633. The van der Waals surface area contributed by atoms with Crippen molar-refractivity contribution in [3.05, 3.63) is 89.1 Å². The zero-order valence-corrected chi connectivity index (χ0v) is 22.4. The van der Waals surface area contributed by atoms with E-state index in [9.17, 15) is 8.78 Å². The molecule has 6 rings (SSSR count). The lowest BCUT2D eigenvalue weighted by atomic mass is 9.92. The van der Waals surface area contributed by atoms with Gasteiger partial charge in [0.1, 0.15) is 17.1 Å². The molecule has 0 aliphatic carbocycles. The van der Waals surface area contributed by atoms with Gasteiger partial charge in [-0.1, -0.05) is 58.0 Å². The van der Waals surface area contributed by atoms with Crippen LogP contribution in [0.2, 0.25) is 0 Å². The average molecular weight is 511 g/mol. The number of furan rings is 1. The van der Waals surface area contributed by atoms with Gasteiger partial charge in [0.2, 0.25) is 11.7 Å². The van der Waals surface area contributed by atoms with Crippen molar-refractivity contribution in [3.63, 3.8) is 0 Å². The normalized spacial score (nSPS) is 12.2. The summed E-state index contributed by atoms with van der Waals surface area (Å²) in [6, 6.07) is 19.6. The van der Waals surface area contributed by atoms with Gasteiger partial charge in [-0.3, -0.25) is 0 Å². The van der Waals surface area contributed by atoms with E-state index >= 15 is 0 Å². The number of aromatic nitrogens is 3. The van der Waals surface area contributed by atoms with Crippen LogP contribution in [0.15, 0.2) is 65.1 Å². The van der Waals surface area contributed by atoms with Gasteiger partial charge in [-0.2, -0.15) is 13.9 Å². The molecule has 3 aromatic carbocycles. The molecule has 4 nitrogen and oxygen atoms in total. The minimum absolute atomic E-state index is 0.0359. The number of fused-ring (bicyclic) bond motifs is 4. The molecule has 0 spiro atoms. The molecule has 0 bridgehead atoms. The Morgan fingerprint density at radius 2 is 1.58 bits per heavy atom. The van der Waals surface area contributed by atoms with E-state index in [1.807, 2.05) is 25.1 Å². The fraction of sp³-hybridized carbons (Fsp3) is 0.250. The zero-order valence-electron chi connectivity index (χ0n) is 22.4. The Hall–Kier alpha value is -4.06. The molecule has 6 aromatic rings. The van der Waals surface area contributed by atoms with Gasteiger partial charge in [0, 0.05) is 22.6 Å². The summed E-state index contributed by atoms with van der Waals surface area (Å²) >= 11 is 0. The topological polar surface area (TPSA) is 34.8 Å². The van der Waals surface area contributed by atoms with Crippen LogP contribution in [0.3, 0.4) is 0 Å². The van der Waals surface area contributed by atoms with Crippen molar-refractivity contribution < 1.29 is 17.8 Å². The number of hydrogen-bond acceptors (Lipinski definition) is 2. The number of rotatable bonds is 4. The molecule has 0 aliphatic rings. The largest absolute Gasteiger partial charge is 0.437 e. The SMILES string of the molecule is Cc1cc2oc3nc(F)cc(F)c3c2cc1-c1n(-c2c(C(C)C)cccc2C(C)C)c2ccccc2[n+]1C. The maximum atomic E-state index is 15.0. The Bertz CT molecular complexity index is 1850. The highest BCUT2D eigenvalue weighted by Crippen LogP contribution is 2.39. The number of aryl methyl sites for hydroxylation is 2. The quantitative estimate of drug-likeness (QED) is 0.177. The lowest BCUT2D eigenvalue weighted by Crippen LogP contribution is -2.30. The van der Waals surface area contributed by atoms with Gasteiger partial charge in [0.25, 0.3) is 5.82 Å². The minimum atomic E-state index is -0.899. The molecule has 192 valence electrons. The summed E-state index contributed by atoms with van der Waals surface area (Å²) in [5.74, 6) is 0.00615. The van der Waals surface area contributed by atoms with Crippen LogP contribution in [0.1, 0.15) is 56.2 Å². The first-order valence-corrected chi connectivity index (χ1v) is 13.0. The fourth-order valence-corrected chi connectivity index (χ4v) is 5.70. The maximum absolute atomic E-state index is 15.0.